The van der Waals surface area contributed by atoms with Crippen molar-refractivity contribution >= 4 is 17.5 Å². The highest BCUT2D eigenvalue weighted by Crippen LogP contribution is 2.32. The molecule has 1 heterocycles. The van der Waals surface area contributed by atoms with Gasteiger partial charge in [0.15, 0.2) is 0 Å². The van der Waals surface area contributed by atoms with Gasteiger partial charge in [0.1, 0.15) is 12.4 Å². The van der Waals surface area contributed by atoms with Crippen molar-refractivity contribution < 1.29 is 19.1 Å². The molecule has 2 aliphatic rings. The average molecular weight is 494 g/mol. The molecule has 1 saturated carbocycles. The van der Waals surface area contributed by atoms with E-state index in [1.165, 1.54) is 5.56 Å². The Balaban J connectivity index is 1.58. The molecule has 3 atom stereocenters. The topological polar surface area (TPSA) is 71.1 Å². The maximum Gasteiger partial charge on any atom is 0.257 e. The maximum atomic E-state index is 13.4. The van der Waals surface area contributed by atoms with E-state index < -0.39 is 0 Å². The van der Waals surface area contributed by atoms with Crippen LogP contribution in [0.15, 0.2) is 48.5 Å². The number of nitrogens with zero attached hydrogens (tertiary/aromatic N) is 2. The van der Waals surface area contributed by atoms with E-state index >= 15 is 0 Å². The highest BCUT2D eigenvalue weighted by Gasteiger charge is 2.31. The molecule has 1 N–H and O–H groups in total. The molecule has 0 radical (unpaired) electrons. The van der Waals surface area contributed by atoms with Crippen LogP contribution in [0.2, 0.25) is 0 Å². The summed E-state index contributed by atoms with van der Waals surface area (Å²) in [6.07, 6.45) is 2.73. The molecule has 2 amide bonds. The molecule has 2 aromatic carbocycles. The van der Waals surface area contributed by atoms with E-state index in [-0.39, 0.29) is 35.8 Å². The molecule has 0 unspecified atom stereocenters. The van der Waals surface area contributed by atoms with E-state index in [0.29, 0.717) is 30.2 Å². The third-order valence-electron chi connectivity index (χ3n) is 7.32. The lowest BCUT2D eigenvalue weighted by molar-refractivity contribution is -0.117. The van der Waals surface area contributed by atoms with Crippen LogP contribution in [-0.4, -0.2) is 74.2 Å². The van der Waals surface area contributed by atoms with Gasteiger partial charge in [0, 0.05) is 57.5 Å². The van der Waals surface area contributed by atoms with Crippen LogP contribution in [0, 0.1) is 11.8 Å². The first-order valence-corrected chi connectivity index (χ1v) is 13.0. The number of benzene rings is 2. The average Bonchev–Trinajstić information content (AvgIpc) is 3.73. The van der Waals surface area contributed by atoms with Gasteiger partial charge in [0.05, 0.1) is 11.7 Å². The third-order valence-corrected chi connectivity index (χ3v) is 7.32. The first kappa shape index (κ1) is 26.2. The third kappa shape index (κ3) is 6.65. The molecule has 0 bridgehead atoms. The lowest BCUT2D eigenvalue weighted by atomic mass is 10.0. The summed E-state index contributed by atoms with van der Waals surface area (Å²) in [5.41, 5.74) is 2.46. The minimum absolute atomic E-state index is 0.0314. The molecule has 0 aromatic heterocycles. The first-order chi connectivity index (χ1) is 17.4. The monoisotopic (exact) mass is 493 g/mol. The fraction of sp³-hybridized carbons (Fsp3) is 0.517. The summed E-state index contributed by atoms with van der Waals surface area (Å²) in [5.74, 6) is 0.739. The highest BCUT2D eigenvalue weighted by atomic mass is 16.5. The van der Waals surface area contributed by atoms with Crippen molar-refractivity contribution in [3.63, 3.8) is 0 Å². The van der Waals surface area contributed by atoms with E-state index in [1.54, 1.807) is 37.3 Å². The van der Waals surface area contributed by atoms with Crippen LogP contribution in [-0.2, 0) is 16.0 Å². The number of carbonyl (C=O) groups is 2. The minimum Gasteiger partial charge on any atom is -0.491 e. The number of likely N-dealkylation sites (N-methyl/N-ethyl adjacent to an activating group) is 1. The fourth-order valence-electron chi connectivity index (χ4n) is 4.74. The molecular weight excluding hydrogens is 454 g/mol. The number of anilines is 1. The van der Waals surface area contributed by atoms with Crippen molar-refractivity contribution in [3.8, 4) is 5.75 Å². The molecule has 194 valence electrons. The summed E-state index contributed by atoms with van der Waals surface area (Å²) in [6.45, 7) is 7.00. The highest BCUT2D eigenvalue weighted by molar-refractivity contribution is 5.99. The van der Waals surface area contributed by atoms with Gasteiger partial charge in [-0.15, -0.1) is 0 Å². The summed E-state index contributed by atoms with van der Waals surface area (Å²) in [4.78, 5) is 29.8. The summed E-state index contributed by atoms with van der Waals surface area (Å²) in [6, 6.07) is 16.0. The quantitative estimate of drug-likeness (QED) is 0.657. The van der Waals surface area contributed by atoms with Gasteiger partial charge in [-0.25, -0.2) is 0 Å². The molecule has 2 aromatic rings. The van der Waals surface area contributed by atoms with E-state index in [0.717, 1.165) is 32.4 Å². The summed E-state index contributed by atoms with van der Waals surface area (Å²) < 4.78 is 12.1. The second-order valence-electron chi connectivity index (χ2n) is 10.3. The Labute approximate surface area is 214 Å². The molecule has 4 rings (SSSR count). The van der Waals surface area contributed by atoms with Crippen molar-refractivity contribution in [1.82, 2.24) is 9.80 Å². The molecule has 7 nitrogen and oxygen atoms in total. The Morgan fingerprint density at radius 3 is 2.56 bits per heavy atom. The van der Waals surface area contributed by atoms with Crippen LogP contribution in [0.1, 0.15) is 42.6 Å². The standard InChI is InChI=1S/C29H39N3O4/c1-20-17-32(15-14-22-8-6-5-7-9-22)21(2)19-36-26-16-24(30-28(33)23-10-11-23)12-13-25(26)29(34)31(3)18-27(20)35-4/h5-9,12-13,16,20-21,23,27H,10-11,14-15,17-19H2,1-4H3,(H,30,33)/t20-,21+,27-/m1/s1. The maximum absolute atomic E-state index is 13.4. The van der Waals surface area contributed by atoms with E-state index in [1.807, 2.05) is 6.07 Å². The van der Waals surface area contributed by atoms with Gasteiger partial charge in [-0.05, 0) is 49.8 Å². The van der Waals surface area contributed by atoms with Gasteiger partial charge in [0.2, 0.25) is 5.91 Å². The van der Waals surface area contributed by atoms with Crippen LogP contribution < -0.4 is 10.1 Å². The van der Waals surface area contributed by atoms with Gasteiger partial charge in [0.25, 0.3) is 5.91 Å². The van der Waals surface area contributed by atoms with Gasteiger partial charge < -0.3 is 19.7 Å². The fourth-order valence-corrected chi connectivity index (χ4v) is 4.74. The van der Waals surface area contributed by atoms with Gasteiger partial charge in [-0.3, -0.25) is 14.5 Å². The second-order valence-corrected chi connectivity index (χ2v) is 10.3. The van der Waals surface area contributed by atoms with Crippen molar-refractivity contribution in [2.45, 2.75) is 45.3 Å². The summed E-state index contributed by atoms with van der Waals surface area (Å²) in [5, 5.41) is 2.97. The second kappa shape index (κ2) is 11.9. The molecule has 0 spiro atoms. The predicted molar refractivity (Wildman–Crippen MR) is 141 cm³/mol. The van der Waals surface area contributed by atoms with E-state index in [4.69, 9.17) is 9.47 Å². The summed E-state index contributed by atoms with van der Waals surface area (Å²) >= 11 is 0. The molecule has 0 saturated heterocycles. The van der Waals surface area contributed by atoms with Crippen LogP contribution in [0.5, 0.6) is 5.75 Å². The molecule has 36 heavy (non-hydrogen) atoms. The van der Waals surface area contributed by atoms with Gasteiger partial charge in [-0.1, -0.05) is 37.3 Å². The molecule has 1 fully saturated rings. The van der Waals surface area contributed by atoms with Crippen molar-refractivity contribution in [1.29, 1.82) is 0 Å². The number of rotatable bonds is 6. The Kier molecular flexibility index (Phi) is 8.64. The Hall–Kier alpha value is -2.90. The Morgan fingerprint density at radius 1 is 1.11 bits per heavy atom. The number of carbonyl (C=O) groups excluding carboxylic acids is 2. The van der Waals surface area contributed by atoms with Crippen LogP contribution in [0.4, 0.5) is 5.69 Å². The van der Waals surface area contributed by atoms with E-state index in [9.17, 15) is 9.59 Å². The normalized spacial score (nSPS) is 23.7. The predicted octanol–water partition coefficient (Wildman–Crippen LogP) is 4.08. The number of fused-ring (bicyclic) bond motifs is 1. The first-order valence-electron chi connectivity index (χ1n) is 13.0. The summed E-state index contributed by atoms with van der Waals surface area (Å²) in [7, 11) is 3.52. The molecular formula is C29H39N3O4. The van der Waals surface area contributed by atoms with E-state index in [2.05, 4.69) is 48.3 Å². The van der Waals surface area contributed by atoms with Gasteiger partial charge >= 0.3 is 0 Å². The number of nitrogens with one attached hydrogen (secondary N) is 1. The number of methoxy groups -OCH3 is 1. The van der Waals surface area contributed by atoms with Crippen LogP contribution in [0.3, 0.4) is 0 Å². The van der Waals surface area contributed by atoms with Crippen molar-refractivity contribution in [3.05, 3.63) is 59.7 Å². The largest absolute Gasteiger partial charge is 0.491 e. The number of amides is 2. The van der Waals surface area contributed by atoms with Crippen molar-refractivity contribution in [2.75, 3.05) is 45.7 Å². The zero-order chi connectivity index (χ0) is 25.7. The Morgan fingerprint density at radius 2 is 1.86 bits per heavy atom. The molecule has 1 aliphatic carbocycles. The lowest BCUT2D eigenvalue weighted by Crippen LogP contribution is -2.47. The molecule has 1 aliphatic heterocycles. The van der Waals surface area contributed by atoms with Crippen LogP contribution >= 0.6 is 0 Å². The smallest absolute Gasteiger partial charge is 0.257 e. The van der Waals surface area contributed by atoms with Crippen molar-refractivity contribution in [2.24, 2.45) is 11.8 Å². The lowest BCUT2D eigenvalue weighted by Gasteiger charge is -2.36. The zero-order valence-corrected chi connectivity index (χ0v) is 21.9. The number of hydrogen-bond donors (Lipinski definition) is 1. The zero-order valence-electron chi connectivity index (χ0n) is 21.9. The Bertz CT molecular complexity index is 1040. The molecule has 7 heteroatoms. The minimum atomic E-state index is -0.117. The van der Waals surface area contributed by atoms with Gasteiger partial charge in [-0.2, -0.15) is 0 Å². The SMILES string of the molecule is CO[C@@H]1CN(C)C(=O)c2ccc(NC(=O)C3CC3)cc2OC[C@H](C)N(CCc2ccccc2)C[C@H]1C. The van der Waals surface area contributed by atoms with Crippen LogP contribution in [0.25, 0.3) is 0 Å². The number of hydrogen-bond acceptors (Lipinski definition) is 5. The number of ether oxygens (including phenoxy) is 2.